The van der Waals surface area contributed by atoms with E-state index in [-0.39, 0.29) is 12.6 Å². The van der Waals surface area contributed by atoms with Crippen molar-refractivity contribution in [3.05, 3.63) is 6.33 Å². The quantitative estimate of drug-likeness (QED) is 0.317. The van der Waals surface area contributed by atoms with Crippen molar-refractivity contribution in [3.63, 3.8) is 0 Å². The van der Waals surface area contributed by atoms with Gasteiger partial charge in [-0.3, -0.25) is 4.57 Å². The van der Waals surface area contributed by atoms with Crippen molar-refractivity contribution in [2.45, 2.75) is 31.0 Å². The Morgan fingerprint density at radius 2 is 2.04 bits per heavy atom. The van der Waals surface area contributed by atoms with E-state index in [1.54, 1.807) is 0 Å². The smallest absolute Gasteiger partial charge is 0.224 e. The average Bonchev–Trinajstić information content (AvgIpc) is 3.10. The van der Waals surface area contributed by atoms with E-state index in [0.29, 0.717) is 29.9 Å². The fourth-order valence-electron chi connectivity index (χ4n) is 2.64. The molecule has 24 heavy (non-hydrogen) atoms. The number of nitrogens with zero attached hydrogens (tertiary/aromatic N) is 4. The predicted molar refractivity (Wildman–Crippen MR) is 82.9 cm³/mol. The van der Waals surface area contributed by atoms with Crippen LogP contribution in [0.4, 0.5) is 11.8 Å². The molecular weight excluding hydrogens is 320 g/mol. The monoisotopic (exact) mass is 340 g/mol. The third kappa shape index (κ3) is 2.87. The lowest BCUT2D eigenvalue weighted by Crippen LogP contribution is -2.33. The summed E-state index contributed by atoms with van der Waals surface area (Å²) in [6, 6.07) is 0. The number of anilines is 2. The average molecular weight is 340 g/mol. The van der Waals surface area contributed by atoms with Crippen LogP contribution in [-0.2, 0) is 4.74 Å². The Balaban J connectivity index is 1.95. The van der Waals surface area contributed by atoms with Crippen LogP contribution >= 0.6 is 0 Å². The number of hydrogen-bond donors (Lipinski definition) is 6. The van der Waals surface area contributed by atoms with Crippen molar-refractivity contribution in [1.29, 1.82) is 0 Å². The zero-order valence-corrected chi connectivity index (χ0v) is 12.8. The Bertz CT molecular complexity index is 709. The summed E-state index contributed by atoms with van der Waals surface area (Å²) in [6.45, 7) is 0.0862. The fourth-order valence-corrected chi connectivity index (χ4v) is 2.64. The number of aromatic nitrogens is 4. The number of fused-ring (bicyclic) bond motifs is 1. The van der Waals surface area contributed by atoms with Crippen molar-refractivity contribution >= 4 is 22.9 Å². The van der Waals surface area contributed by atoms with E-state index in [1.807, 2.05) is 0 Å². The number of hydrogen-bond acceptors (Lipinski definition) is 10. The minimum absolute atomic E-state index is 0.00231. The van der Waals surface area contributed by atoms with Crippen LogP contribution < -0.4 is 11.1 Å². The molecule has 11 nitrogen and oxygen atoms in total. The topological polar surface area (TPSA) is 172 Å². The van der Waals surface area contributed by atoms with Crippen molar-refractivity contribution in [2.24, 2.45) is 0 Å². The summed E-state index contributed by atoms with van der Waals surface area (Å²) < 4.78 is 6.92. The number of nitrogens with one attached hydrogen (secondary N) is 1. The van der Waals surface area contributed by atoms with Crippen LogP contribution in [0.25, 0.3) is 11.2 Å². The van der Waals surface area contributed by atoms with Crippen LogP contribution in [-0.4, -0.2) is 78.0 Å². The van der Waals surface area contributed by atoms with Crippen molar-refractivity contribution in [2.75, 3.05) is 30.8 Å². The van der Waals surface area contributed by atoms with E-state index < -0.39 is 31.1 Å². The highest BCUT2D eigenvalue weighted by Crippen LogP contribution is 2.32. The molecule has 0 amide bonds. The summed E-state index contributed by atoms with van der Waals surface area (Å²) in [7, 11) is 0. The summed E-state index contributed by atoms with van der Waals surface area (Å²) in [5.74, 6) is 0.402. The molecule has 0 aromatic carbocycles. The molecule has 0 radical (unpaired) electrons. The van der Waals surface area contributed by atoms with Gasteiger partial charge in [0.15, 0.2) is 23.2 Å². The van der Waals surface area contributed by atoms with Gasteiger partial charge in [-0.25, -0.2) is 4.98 Å². The van der Waals surface area contributed by atoms with Crippen LogP contribution in [0.3, 0.4) is 0 Å². The van der Waals surface area contributed by atoms with Gasteiger partial charge in [-0.1, -0.05) is 0 Å². The van der Waals surface area contributed by atoms with E-state index in [9.17, 15) is 15.3 Å². The van der Waals surface area contributed by atoms with E-state index >= 15 is 0 Å². The molecule has 3 rings (SSSR count). The van der Waals surface area contributed by atoms with Crippen molar-refractivity contribution in [3.8, 4) is 0 Å². The highest BCUT2D eigenvalue weighted by atomic mass is 16.6. The largest absolute Gasteiger partial charge is 0.396 e. The number of ether oxygens (including phenoxy) is 1. The predicted octanol–water partition coefficient (Wildman–Crippen LogP) is -2.19. The first-order valence-electron chi connectivity index (χ1n) is 7.54. The van der Waals surface area contributed by atoms with Gasteiger partial charge in [0.1, 0.15) is 18.3 Å². The van der Waals surface area contributed by atoms with Crippen LogP contribution in [0.1, 0.15) is 12.6 Å². The highest BCUT2D eigenvalue weighted by molar-refractivity contribution is 5.84. The second-order valence-electron chi connectivity index (χ2n) is 5.49. The minimum atomic E-state index is -1.25. The van der Waals surface area contributed by atoms with Crippen LogP contribution in [0.2, 0.25) is 0 Å². The summed E-state index contributed by atoms with van der Waals surface area (Å²) in [5.41, 5.74) is 6.47. The Labute approximate surface area is 136 Å². The van der Waals surface area contributed by atoms with Gasteiger partial charge < -0.3 is 36.2 Å². The fraction of sp³-hybridized carbons (Fsp3) is 0.615. The Morgan fingerprint density at radius 3 is 2.71 bits per heavy atom. The van der Waals surface area contributed by atoms with E-state index in [4.69, 9.17) is 15.6 Å². The van der Waals surface area contributed by atoms with Crippen LogP contribution in [0.15, 0.2) is 6.33 Å². The summed E-state index contributed by atoms with van der Waals surface area (Å²) in [5, 5.41) is 41.1. The molecule has 0 bridgehead atoms. The molecule has 2 aromatic rings. The summed E-state index contributed by atoms with van der Waals surface area (Å²) in [4.78, 5) is 12.4. The molecule has 0 unspecified atom stereocenters. The van der Waals surface area contributed by atoms with Gasteiger partial charge >= 0.3 is 0 Å². The number of imidazole rings is 1. The molecule has 0 spiro atoms. The molecule has 2 aromatic heterocycles. The van der Waals surface area contributed by atoms with E-state index in [1.165, 1.54) is 10.9 Å². The zero-order valence-electron chi connectivity index (χ0n) is 12.8. The minimum Gasteiger partial charge on any atom is -0.396 e. The molecule has 132 valence electrons. The highest BCUT2D eigenvalue weighted by Gasteiger charge is 2.44. The van der Waals surface area contributed by atoms with E-state index in [2.05, 4.69) is 20.3 Å². The number of nitrogens with two attached hydrogens (primary N) is 1. The van der Waals surface area contributed by atoms with Crippen LogP contribution in [0, 0.1) is 0 Å². The lowest BCUT2D eigenvalue weighted by Gasteiger charge is -2.16. The number of aliphatic hydroxyl groups excluding tert-OH is 4. The van der Waals surface area contributed by atoms with Crippen LogP contribution in [0.5, 0.6) is 0 Å². The molecular formula is C13H20N6O5. The second kappa shape index (κ2) is 6.83. The Morgan fingerprint density at radius 1 is 1.25 bits per heavy atom. The normalized spacial score (nSPS) is 27.0. The molecule has 3 heterocycles. The van der Waals surface area contributed by atoms with Gasteiger partial charge in [-0.15, -0.1) is 0 Å². The van der Waals surface area contributed by atoms with Gasteiger partial charge in [-0.05, 0) is 6.42 Å². The maximum Gasteiger partial charge on any atom is 0.224 e. The lowest BCUT2D eigenvalue weighted by molar-refractivity contribution is -0.0511. The molecule has 1 saturated heterocycles. The SMILES string of the molecule is Nc1nc(NCCCO)c2ncn([C@@H]3O[C@H](CO)[C@@H](O)[C@H]3O)c2n1. The first kappa shape index (κ1) is 16.8. The van der Waals surface area contributed by atoms with Gasteiger partial charge in [0.25, 0.3) is 0 Å². The number of rotatable bonds is 6. The molecule has 4 atom stereocenters. The first-order chi connectivity index (χ1) is 11.6. The van der Waals surface area contributed by atoms with Crippen molar-refractivity contribution in [1.82, 2.24) is 19.5 Å². The number of nitrogen functional groups attached to an aromatic ring is 1. The van der Waals surface area contributed by atoms with Gasteiger partial charge in [0.2, 0.25) is 5.95 Å². The van der Waals surface area contributed by atoms with Gasteiger partial charge in [0.05, 0.1) is 12.9 Å². The third-order valence-electron chi connectivity index (χ3n) is 3.86. The molecule has 7 N–H and O–H groups in total. The maximum absolute atomic E-state index is 10.1. The van der Waals surface area contributed by atoms with E-state index in [0.717, 1.165) is 0 Å². The first-order valence-corrected chi connectivity index (χ1v) is 7.54. The van der Waals surface area contributed by atoms with Crippen molar-refractivity contribution < 1.29 is 25.2 Å². The molecule has 1 fully saturated rings. The Hall–Kier alpha value is -2.05. The summed E-state index contributed by atoms with van der Waals surface area (Å²) in [6.07, 6.45) is -2.40. The third-order valence-corrected chi connectivity index (χ3v) is 3.86. The maximum atomic E-state index is 10.1. The zero-order chi connectivity index (χ0) is 17.3. The molecule has 0 aliphatic carbocycles. The molecule has 1 aliphatic rings. The molecule has 1 aliphatic heterocycles. The standard InChI is InChI=1S/C13H20N6O5/c14-13-17-10(15-2-1-3-20)7-11(18-13)19(5-16-7)12-9(23)8(22)6(4-21)24-12/h5-6,8-9,12,20-23H,1-4H2,(H3,14,15,17,18)/t6-,8-,9-,12-/m1/s1. The lowest BCUT2D eigenvalue weighted by atomic mass is 10.1. The van der Waals surface area contributed by atoms with Gasteiger partial charge in [-0.2, -0.15) is 9.97 Å². The van der Waals surface area contributed by atoms with Gasteiger partial charge in [0, 0.05) is 13.2 Å². The summed E-state index contributed by atoms with van der Waals surface area (Å²) >= 11 is 0. The number of aliphatic hydroxyl groups is 4. The molecule has 0 saturated carbocycles. The second-order valence-corrected chi connectivity index (χ2v) is 5.49. The molecule has 11 heteroatoms. The Kier molecular flexibility index (Phi) is 4.78.